The lowest BCUT2D eigenvalue weighted by Gasteiger charge is -2.01. The Labute approximate surface area is 100 Å². The summed E-state index contributed by atoms with van der Waals surface area (Å²) >= 11 is 0. The number of hydrogen-bond acceptors (Lipinski definition) is 3. The molecule has 1 aromatic carbocycles. The average molecular weight is 258 g/mol. The second-order valence-electron chi connectivity index (χ2n) is 3.52. The third-order valence-electron chi connectivity index (χ3n) is 2.16. The highest BCUT2D eigenvalue weighted by Crippen LogP contribution is 2.15. The zero-order valence-corrected chi connectivity index (χ0v) is 10.3. The van der Waals surface area contributed by atoms with Gasteiger partial charge in [-0.05, 0) is 32.1 Å². The van der Waals surface area contributed by atoms with Crippen LogP contribution in [0.15, 0.2) is 29.2 Å². The molecule has 0 saturated heterocycles. The fourth-order valence-electron chi connectivity index (χ4n) is 1.26. The van der Waals surface area contributed by atoms with Crippen LogP contribution in [-0.2, 0) is 10.0 Å². The lowest BCUT2D eigenvalue weighted by Crippen LogP contribution is -2.12. The highest BCUT2D eigenvalue weighted by molar-refractivity contribution is 7.89. The second kappa shape index (κ2) is 5.90. The zero-order valence-electron chi connectivity index (χ0n) is 9.48. The van der Waals surface area contributed by atoms with E-state index in [2.05, 4.69) is 5.32 Å². The number of primary sulfonamides is 1. The molecule has 0 spiro atoms. The van der Waals surface area contributed by atoms with Gasteiger partial charge in [-0.2, -0.15) is 0 Å². The van der Waals surface area contributed by atoms with Crippen LogP contribution in [0.1, 0.15) is 12.0 Å². The lowest BCUT2D eigenvalue weighted by molar-refractivity contribution is 0.592. The molecule has 17 heavy (non-hydrogen) atoms. The van der Waals surface area contributed by atoms with Crippen molar-refractivity contribution >= 4 is 16.1 Å². The van der Waals surface area contributed by atoms with E-state index in [-0.39, 0.29) is 4.90 Å². The largest absolute Gasteiger partial charge is 0.319 e. The summed E-state index contributed by atoms with van der Waals surface area (Å²) in [6.07, 6.45) is 4.19. The average Bonchev–Trinajstić information content (AvgIpc) is 2.24. The first-order chi connectivity index (χ1) is 7.95. The molecule has 0 fully saturated rings. The summed E-state index contributed by atoms with van der Waals surface area (Å²) in [5, 5.41) is 7.85. The van der Waals surface area contributed by atoms with Crippen molar-refractivity contribution in [1.82, 2.24) is 5.32 Å². The SMILES string of the molecule is CNCCC=Cc1ccc(S(N)(=O)=O)cc1F. The van der Waals surface area contributed by atoms with Crippen LogP contribution in [-0.4, -0.2) is 22.0 Å². The Morgan fingerprint density at radius 2 is 2.18 bits per heavy atom. The van der Waals surface area contributed by atoms with E-state index in [1.165, 1.54) is 12.1 Å². The minimum atomic E-state index is -3.85. The fraction of sp³-hybridized carbons (Fsp3) is 0.273. The van der Waals surface area contributed by atoms with E-state index in [0.29, 0.717) is 5.56 Å². The summed E-state index contributed by atoms with van der Waals surface area (Å²) in [7, 11) is -2.02. The third-order valence-corrected chi connectivity index (χ3v) is 3.07. The van der Waals surface area contributed by atoms with Crippen molar-refractivity contribution in [3.63, 3.8) is 0 Å². The Kier molecular flexibility index (Phi) is 4.80. The van der Waals surface area contributed by atoms with E-state index in [1.807, 2.05) is 13.1 Å². The third kappa shape index (κ3) is 4.26. The molecular formula is C11H15FN2O2S. The van der Waals surface area contributed by atoms with E-state index < -0.39 is 15.8 Å². The Morgan fingerprint density at radius 3 is 2.71 bits per heavy atom. The first kappa shape index (κ1) is 13.8. The molecule has 0 heterocycles. The van der Waals surface area contributed by atoms with Gasteiger partial charge in [-0.25, -0.2) is 17.9 Å². The number of halogens is 1. The second-order valence-corrected chi connectivity index (χ2v) is 5.08. The number of nitrogens with two attached hydrogens (primary N) is 1. The van der Waals surface area contributed by atoms with Crippen LogP contribution in [0.3, 0.4) is 0 Å². The molecule has 0 radical (unpaired) electrons. The molecule has 0 bridgehead atoms. The molecule has 0 atom stereocenters. The maximum absolute atomic E-state index is 13.5. The summed E-state index contributed by atoms with van der Waals surface area (Å²) in [6.45, 7) is 0.799. The van der Waals surface area contributed by atoms with Gasteiger partial charge in [0.1, 0.15) is 5.82 Å². The molecule has 94 valence electrons. The smallest absolute Gasteiger partial charge is 0.238 e. The Bertz CT molecular complexity index is 512. The van der Waals surface area contributed by atoms with Crippen LogP contribution < -0.4 is 10.5 Å². The molecule has 6 heteroatoms. The topological polar surface area (TPSA) is 72.2 Å². The normalized spacial score (nSPS) is 12.2. The summed E-state index contributed by atoms with van der Waals surface area (Å²) in [5.74, 6) is -0.600. The van der Waals surface area contributed by atoms with Gasteiger partial charge in [-0.15, -0.1) is 0 Å². The molecule has 4 nitrogen and oxygen atoms in total. The predicted molar refractivity (Wildman–Crippen MR) is 65.4 cm³/mol. The van der Waals surface area contributed by atoms with Gasteiger partial charge in [0.05, 0.1) is 4.90 Å². The molecular weight excluding hydrogens is 243 g/mol. The molecule has 0 amide bonds. The van der Waals surface area contributed by atoms with Crippen LogP contribution >= 0.6 is 0 Å². The highest BCUT2D eigenvalue weighted by atomic mass is 32.2. The molecule has 1 rings (SSSR count). The maximum atomic E-state index is 13.5. The molecule has 0 aliphatic carbocycles. The van der Waals surface area contributed by atoms with Gasteiger partial charge in [0, 0.05) is 5.56 Å². The molecule has 0 unspecified atom stereocenters. The van der Waals surface area contributed by atoms with Crippen LogP contribution in [0.5, 0.6) is 0 Å². The van der Waals surface area contributed by atoms with Gasteiger partial charge in [0.25, 0.3) is 0 Å². The van der Waals surface area contributed by atoms with Gasteiger partial charge >= 0.3 is 0 Å². The van der Waals surface area contributed by atoms with Crippen molar-refractivity contribution in [1.29, 1.82) is 0 Å². The molecule has 0 aliphatic rings. The van der Waals surface area contributed by atoms with Crippen molar-refractivity contribution in [2.75, 3.05) is 13.6 Å². The highest BCUT2D eigenvalue weighted by Gasteiger charge is 2.09. The fourth-order valence-corrected chi connectivity index (χ4v) is 1.78. The Morgan fingerprint density at radius 1 is 1.47 bits per heavy atom. The Hall–Kier alpha value is -1.24. The minimum absolute atomic E-state index is 0.220. The number of benzene rings is 1. The molecule has 3 N–H and O–H groups in total. The van der Waals surface area contributed by atoms with Crippen molar-refractivity contribution in [2.24, 2.45) is 5.14 Å². The standard InChI is InChI=1S/C11H15FN2O2S/c1-14-7-3-2-4-9-5-6-10(8-11(9)12)17(13,15)16/h2,4-6,8,14H,3,7H2,1H3,(H2,13,15,16). The Balaban J connectivity index is 2.87. The summed E-state index contributed by atoms with van der Waals surface area (Å²) < 4.78 is 35.5. The monoisotopic (exact) mass is 258 g/mol. The van der Waals surface area contributed by atoms with E-state index in [4.69, 9.17) is 5.14 Å². The zero-order chi connectivity index (χ0) is 12.9. The van der Waals surface area contributed by atoms with Gasteiger partial charge in [-0.1, -0.05) is 18.2 Å². The van der Waals surface area contributed by atoms with Crippen LogP contribution in [0, 0.1) is 5.82 Å². The number of nitrogens with one attached hydrogen (secondary N) is 1. The maximum Gasteiger partial charge on any atom is 0.238 e. The first-order valence-electron chi connectivity index (χ1n) is 5.08. The van der Waals surface area contributed by atoms with E-state index in [0.717, 1.165) is 19.0 Å². The number of sulfonamides is 1. The van der Waals surface area contributed by atoms with Crippen molar-refractivity contribution in [3.05, 3.63) is 35.7 Å². The minimum Gasteiger partial charge on any atom is -0.319 e. The van der Waals surface area contributed by atoms with Crippen molar-refractivity contribution in [2.45, 2.75) is 11.3 Å². The summed E-state index contributed by atoms with van der Waals surface area (Å²) in [6, 6.07) is 3.61. The van der Waals surface area contributed by atoms with E-state index in [1.54, 1.807) is 6.08 Å². The summed E-state index contributed by atoms with van der Waals surface area (Å²) in [4.78, 5) is -0.220. The number of rotatable bonds is 5. The van der Waals surface area contributed by atoms with E-state index >= 15 is 0 Å². The molecule has 0 saturated carbocycles. The number of hydrogen-bond donors (Lipinski definition) is 2. The van der Waals surface area contributed by atoms with Crippen molar-refractivity contribution < 1.29 is 12.8 Å². The van der Waals surface area contributed by atoms with Crippen LogP contribution in [0.2, 0.25) is 0 Å². The van der Waals surface area contributed by atoms with Crippen molar-refractivity contribution in [3.8, 4) is 0 Å². The van der Waals surface area contributed by atoms with Gasteiger partial charge in [0.2, 0.25) is 10.0 Å². The van der Waals surface area contributed by atoms with Gasteiger partial charge in [0.15, 0.2) is 0 Å². The van der Waals surface area contributed by atoms with Gasteiger partial charge in [-0.3, -0.25) is 0 Å². The summed E-state index contributed by atoms with van der Waals surface area (Å²) in [5.41, 5.74) is 0.341. The predicted octanol–water partition coefficient (Wildman–Crippen LogP) is 1.10. The van der Waals surface area contributed by atoms with E-state index in [9.17, 15) is 12.8 Å². The molecule has 0 aliphatic heterocycles. The first-order valence-corrected chi connectivity index (χ1v) is 6.63. The van der Waals surface area contributed by atoms with Crippen LogP contribution in [0.4, 0.5) is 4.39 Å². The van der Waals surface area contributed by atoms with Gasteiger partial charge < -0.3 is 5.32 Å². The molecule has 1 aromatic rings. The van der Waals surface area contributed by atoms with Crippen LogP contribution in [0.25, 0.3) is 6.08 Å². The quantitative estimate of drug-likeness (QED) is 0.777. The lowest BCUT2D eigenvalue weighted by atomic mass is 10.2. The molecule has 0 aromatic heterocycles.